The topological polar surface area (TPSA) is 33.9 Å². The van der Waals surface area contributed by atoms with Crippen LogP contribution in [0, 0.1) is 12.8 Å². The molecule has 2 heterocycles. The molecule has 0 aliphatic carbocycles. The molecule has 0 bridgehead atoms. The van der Waals surface area contributed by atoms with Crippen LogP contribution in [0.5, 0.6) is 0 Å². The van der Waals surface area contributed by atoms with Crippen LogP contribution >= 0.6 is 0 Å². The monoisotopic (exact) mass is 290 g/mol. The zero-order chi connectivity index (χ0) is 14.7. The van der Waals surface area contributed by atoms with Crippen molar-refractivity contribution in [2.45, 2.75) is 51.4 Å². The van der Waals surface area contributed by atoms with Crippen molar-refractivity contribution >= 4 is 0 Å². The number of piperidine rings is 2. The highest BCUT2D eigenvalue weighted by atomic mass is 16.6. The van der Waals surface area contributed by atoms with Gasteiger partial charge in [0, 0.05) is 11.5 Å². The minimum atomic E-state index is -0.778. The van der Waals surface area contributed by atoms with E-state index in [0.29, 0.717) is 12.5 Å². The van der Waals surface area contributed by atoms with Crippen LogP contribution in [-0.2, 0) is 4.74 Å². The van der Waals surface area contributed by atoms with Gasteiger partial charge < -0.3 is 14.7 Å². The lowest BCUT2D eigenvalue weighted by molar-refractivity contribution is -0.940. The van der Waals surface area contributed by atoms with Crippen LogP contribution < -0.4 is 4.90 Å². The lowest BCUT2D eigenvalue weighted by Gasteiger charge is -2.41. The SMILES string of the molecule is Cc1ccccc1[C@H](O)OC[C@@H]1CCC[NH+]2CCCC[C@H]12. The van der Waals surface area contributed by atoms with E-state index < -0.39 is 6.29 Å². The summed E-state index contributed by atoms with van der Waals surface area (Å²) in [6.45, 7) is 5.39. The van der Waals surface area contributed by atoms with Crippen molar-refractivity contribution in [3.8, 4) is 0 Å². The Morgan fingerprint density at radius 1 is 1.19 bits per heavy atom. The predicted molar refractivity (Wildman–Crippen MR) is 83.2 cm³/mol. The van der Waals surface area contributed by atoms with Crippen molar-refractivity contribution in [2.75, 3.05) is 19.7 Å². The molecular weight excluding hydrogens is 262 g/mol. The Labute approximate surface area is 127 Å². The molecule has 116 valence electrons. The standard InChI is InChI=1S/C18H27NO2/c1-14-7-2-3-9-16(14)18(20)21-13-15-8-6-12-19-11-5-4-10-17(15)19/h2-3,7,9,15,17-18,20H,4-6,8,10-13H2,1H3/p+1/t15-,17+,18+/m0/s1. The summed E-state index contributed by atoms with van der Waals surface area (Å²) in [4.78, 5) is 1.78. The number of hydrogen-bond acceptors (Lipinski definition) is 2. The molecule has 0 radical (unpaired) electrons. The van der Waals surface area contributed by atoms with E-state index in [1.807, 2.05) is 31.2 Å². The van der Waals surface area contributed by atoms with E-state index in [1.165, 1.54) is 45.2 Å². The van der Waals surface area contributed by atoms with Crippen LogP contribution in [-0.4, -0.2) is 30.8 Å². The third-order valence-corrected chi connectivity index (χ3v) is 5.35. The second-order valence-electron chi connectivity index (χ2n) is 6.71. The molecule has 3 heteroatoms. The number of rotatable bonds is 4. The normalized spacial score (nSPS) is 30.7. The van der Waals surface area contributed by atoms with Crippen molar-refractivity contribution in [3.63, 3.8) is 0 Å². The van der Waals surface area contributed by atoms with Crippen LogP contribution in [0.25, 0.3) is 0 Å². The van der Waals surface area contributed by atoms with Crippen LogP contribution in [0.2, 0.25) is 0 Å². The van der Waals surface area contributed by atoms with Crippen molar-refractivity contribution in [1.82, 2.24) is 0 Å². The van der Waals surface area contributed by atoms with Crippen molar-refractivity contribution in [3.05, 3.63) is 35.4 Å². The number of ether oxygens (including phenoxy) is 1. The van der Waals surface area contributed by atoms with Crippen LogP contribution in [0.3, 0.4) is 0 Å². The van der Waals surface area contributed by atoms with Gasteiger partial charge in [0.05, 0.1) is 25.7 Å². The number of quaternary nitrogens is 1. The second kappa shape index (κ2) is 6.91. The van der Waals surface area contributed by atoms with Gasteiger partial charge in [-0.1, -0.05) is 24.3 Å². The number of hydrogen-bond donors (Lipinski definition) is 2. The Bertz CT molecular complexity index is 460. The number of aliphatic hydroxyl groups is 1. The molecule has 2 aliphatic heterocycles. The summed E-state index contributed by atoms with van der Waals surface area (Å²) < 4.78 is 5.84. The third kappa shape index (κ3) is 3.47. The van der Waals surface area contributed by atoms with E-state index in [0.717, 1.165) is 17.2 Å². The molecule has 21 heavy (non-hydrogen) atoms. The van der Waals surface area contributed by atoms with Crippen molar-refractivity contribution < 1.29 is 14.7 Å². The van der Waals surface area contributed by atoms with Gasteiger partial charge in [-0.2, -0.15) is 0 Å². The highest BCUT2D eigenvalue weighted by Gasteiger charge is 2.36. The van der Waals surface area contributed by atoms with E-state index in [1.54, 1.807) is 4.90 Å². The lowest BCUT2D eigenvalue weighted by atomic mass is 9.84. The third-order valence-electron chi connectivity index (χ3n) is 5.35. The Morgan fingerprint density at radius 3 is 2.86 bits per heavy atom. The average Bonchev–Trinajstić information content (AvgIpc) is 2.53. The first-order valence-electron chi connectivity index (χ1n) is 8.45. The number of aliphatic hydroxyl groups excluding tert-OH is 1. The lowest BCUT2D eigenvalue weighted by Crippen LogP contribution is -3.18. The molecule has 0 aromatic heterocycles. The van der Waals surface area contributed by atoms with E-state index in [-0.39, 0.29) is 0 Å². The molecule has 3 rings (SSSR count). The van der Waals surface area contributed by atoms with E-state index in [9.17, 15) is 5.11 Å². The van der Waals surface area contributed by atoms with Crippen molar-refractivity contribution in [1.29, 1.82) is 0 Å². The van der Waals surface area contributed by atoms with Gasteiger partial charge in [-0.3, -0.25) is 0 Å². The minimum Gasteiger partial charge on any atom is -0.364 e. The fraction of sp³-hybridized carbons (Fsp3) is 0.667. The average molecular weight is 290 g/mol. The molecule has 0 amide bonds. The number of aryl methyl sites for hydroxylation is 1. The Hall–Kier alpha value is -0.900. The van der Waals surface area contributed by atoms with Gasteiger partial charge in [-0.25, -0.2) is 0 Å². The molecule has 1 aromatic carbocycles. The molecule has 4 atom stereocenters. The summed E-state index contributed by atoms with van der Waals surface area (Å²) in [7, 11) is 0. The smallest absolute Gasteiger partial charge is 0.181 e. The molecule has 1 unspecified atom stereocenters. The molecular formula is C18H28NO2+. The minimum absolute atomic E-state index is 0.618. The molecule has 2 N–H and O–H groups in total. The predicted octanol–water partition coefficient (Wildman–Crippen LogP) is 1.85. The van der Waals surface area contributed by atoms with Gasteiger partial charge in [-0.05, 0) is 44.6 Å². The van der Waals surface area contributed by atoms with Gasteiger partial charge in [0.25, 0.3) is 0 Å². The Kier molecular flexibility index (Phi) is 4.94. The van der Waals surface area contributed by atoms with E-state index in [2.05, 4.69) is 0 Å². The largest absolute Gasteiger partial charge is 0.364 e. The summed E-state index contributed by atoms with van der Waals surface area (Å²) >= 11 is 0. The first-order chi connectivity index (χ1) is 10.3. The highest BCUT2D eigenvalue weighted by molar-refractivity contribution is 5.26. The zero-order valence-electron chi connectivity index (χ0n) is 13.1. The first-order valence-corrected chi connectivity index (χ1v) is 8.45. The second-order valence-corrected chi connectivity index (χ2v) is 6.71. The molecule has 2 fully saturated rings. The highest BCUT2D eigenvalue weighted by Crippen LogP contribution is 2.24. The maximum atomic E-state index is 10.3. The quantitative estimate of drug-likeness (QED) is 0.830. The summed E-state index contributed by atoms with van der Waals surface area (Å²) in [5.41, 5.74) is 2.00. The van der Waals surface area contributed by atoms with Crippen LogP contribution in [0.4, 0.5) is 0 Å². The number of fused-ring (bicyclic) bond motifs is 1. The van der Waals surface area contributed by atoms with E-state index in [4.69, 9.17) is 4.74 Å². The van der Waals surface area contributed by atoms with Gasteiger partial charge in [0.2, 0.25) is 0 Å². The maximum absolute atomic E-state index is 10.3. The maximum Gasteiger partial charge on any atom is 0.181 e. The molecule has 2 aliphatic rings. The summed E-state index contributed by atoms with van der Waals surface area (Å²) in [5, 5.41) is 10.3. The fourth-order valence-electron chi connectivity index (χ4n) is 4.15. The number of benzene rings is 1. The number of nitrogens with one attached hydrogen (secondary N) is 1. The first kappa shape index (κ1) is 15.0. The van der Waals surface area contributed by atoms with Gasteiger partial charge >= 0.3 is 0 Å². The van der Waals surface area contributed by atoms with Gasteiger partial charge in [-0.15, -0.1) is 0 Å². The fourth-order valence-corrected chi connectivity index (χ4v) is 4.15. The zero-order valence-corrected chi connectivity index (χ0v) is 13.1. The summed E-state index contributed by atoms with van der Waals surface area (Å²) in [6, 6.07) is 8.70. The molecule has 1 aromatic rings. The molecule has 0 saturated carbocycles. The molecule has 3 nitrogen and oxygen atoms in total. The van der Waals surface area contributed by atoms with Gasteiger partial charge in [0.1, 0.15) is 0 Å². The summed E-state index contributed by atoms with van der Waals surface area (Å²) in [6.07, 6.45) is 5.87. The Morgan fingerprint density at radius 2 is 2.00 bits per heavy atom. The molecule has 2 saturated heterocycles. The Balaban J connectivity index is 1.58. The van der Waals surface area contributed by atoms with Gasteiger partial charge in [0.15, 0.2) is 6.29 Å². The van der Waals surface area contributed by atoms with Crippen LogP contribution in [0.15, 0.2) is 24.3 Å². The van der Waals surface area contributed by atoms with E-state index >= 15 is 0 Å². The van der Waals surface area contributed by atoms with Crippen LogP contribution in [0.1, 0.15) is 49.5 Å². The molecule has 0 spiro atoms. The summed E-state index contributed by atoms with van der Waals surface area (Å²) in [5.74, 6) is 0.618. The van der Waals surface area contributed by atoms with Crippen molar-refractivity contribution in [2.24, 2.45) is 5.92 Å².